The largest absolute Gasteiger partial charge is 0.461 e. The van der Waals surface area contributed by atoms with E-state index in [1.54, 1.807) is 0 Å². The fourth-order valence-electron chi connectivity index (χ4n) is 21.2. The molecule has 0 unspecified atom stereocenters. The van der Waals surface area contributed by atoms with Crippen molar-refractivity contribution < 1.29 is 8.83 Å². The fourth-order valence-corrected chi connectivity index (χ4v) is 34.8. The number of fused-ring (bicyclic) bond motifs is 27. The maximum Gasteiger partial charge on any atom is 0.135 e. The molecular formula is C127H124N2O2S12. The summed E-state index contributed by atoms with van der Waals surface area (Å²) in [5.41, 5.74) is 24.7. The highest BCUT2D eigenvalue weighted by molar-refractivity contribution is 7.38. The van der Waals surface area contributed by atoms with Gasteiger partial charge in [-0.2, -0.15) is 0 Å². The minimum absolute atomic E-state index is 0.0588. The molecule has 0 saturated heterocycles. The van der Waals surface area contributed by atoms with Crippen LogP contribution in [0.5, 0.6) is 0 Å². The Labute approximate surface area is 889 Å². The Morgan fingerprint density at radius 2 is 0.587 bits per heavy atom. The Kier molecular flexibility index (Phi) is 28.5. The maximum absolute atomic E-state index is 5.54. The SMILES string of the molecule is CC.CC.Cc1cc2c(s1)-c1sc(C)cc1C2(C)C.Cc1cc2cc3oc(C)cc3cc2o1.Cc1cc2cc3sc(C)cc3cc2s1.Cc1cc2ccc3cc(C)sc3c2s1.Cc1cc2sc3cc(C)sc3c2s1.Cc1ccc2c(c1)C(C)(C)c1cc3c(cc1-2)C(C)(C)c1cc(C)ccc1-3.Cc1sc(C)c2ccccc12.Cc1sc(C)c2sccc12.Cn1c2ccccc2c2cc3c(cc21)c1ccccc1n3C. The number of rotatable bonds is 0. The summed E-state index contributed by atoms with van der Waals surface area (Å²) in [7, 11) is 4.31. The predicted octanol–water partition coefficient (Wildman–Crippen LogP) is 43.8. The van der Waals surface area contributed by atoms with E-state index in [9.17, 15) is 0 Å². The summed E-state index contributed by atoms with van der Waals surface area (Å²) in [5, 5.41) is 19.5. The second kappa shape index (κ2) is 40.3. The molecule has 4 nitrogen and oxygen atoms in total. The monoisotopic (exact) mass is 2090 g/mol. The van der Waals surface area contributed by atoms with Crippen LogP contribution in [0.25, 0.3) is 178 Å². The molecule has 16 aromatic heterocycles. The Morgan fingerprint density at radius 1 is 0.231 bits per heavy atom. The smallest absolute Gasteiger partial charge is 0.135 e. The Bertz CT molecular complexity index is 8580. The summed E-state index contributed by atoms with van der Waals surface area (Å²) in [6, 6.07) is 87.2. The molecule has 0 amide bonds. The third-order valence-corrected chi connectivity index (χ3v) is 41.4. The first-order valence-corrected chi connectivity index (χ1v) is 59.3. The second-order valence-electron chi connectivity index (χ2n) is 39.4. The van der Waals surface area contributed by atoms with E-state index in [4.69, 9.17) is 8.83 Å². The lowest BCUT2D eigenvalue weighted by molar-refractivity contribution is 0.575. The first-order valence-electron chi connectivity index (χ1n) is 49.4. The van der Waals surface area contributed by atoms with Crippen LogP contribution in [0.2, 0.25) is 0 Å². The van der Waals surface area contributed by atoms with Gasteiger partial charge in [0, 0.05) is 182 Å². The molecule has 0 spiro atoms. The van der Waals surface area contributed by atoms with Crippen LogP contribution in [0, 0.1) is 111 Å². The molecule has 0 radical (unpaired) electrons. The van der Waals surface area contributed by atoms with Crippen molar-refractivity contribution in [3.8, 4) is 32.0 Å². The average Bonchev–Trinajstić information content (AvgIpc) is 1.52. The van der Waals surface area contributed by atoms with Gasteiger partial charge in [0.15, 0.2) is 0 Å². The standard InChI is InChI=1S/C26H26.C20H16N2.C13H14S2.C12H10O2.2C12H10S2.C10H8S3.C10H10S.C8H8S2.2C2H6/c1-15-7-9-17-19-13-24-20(14-23(19)25(3,4)21(17)11-15)18-10-8-16(2)12-22(18)26(24,5)6;1-21-17-9-5-3-7-13(17)15-12-20-16(11-19(15)21)14-8-4-6-10-18(14)22(20)2;1-7-5-9-11(14-7)12-10(13(9,3)4)6-8(2)15-12;2*1-7-3-9-5-12-10(4-8(2)14-12)6-11(9)13-7;1-7-5-9-3-4-10-6-8(2)14-12(10)11(9)13-7;1-5-3-7-9(11-5)10-8(13-7)4-6(2)12-10;1-7-9-5-3-4-6-10(9)8(2)11-7;1-5-7-3-4-9-8(7)6(2)10-5;2*1-2/h7-14H,1-6H3;3-12H,1-2H3;5-6H,1-4H3;3*3-6H,1-2H3;3-4H,1-2H3;3-6H,1-2H3;3-4H,1-2H3;2*1-2H3. The summed E-state index contributed by atoms with van der Waals surface area (Å²) in [4.78, 5) is 20.1. The number of para-hydroxylation sites is 2. The summed E-state index contributed by atoms with van der Waals surface area (Å²) in [6.07, 6.45) is 0. The molecule has 0 aliphatic heterocycles. The number of furan rings is 2. The van der Waals surface area contributed by atoms with Gasteiger partial charge in [-0.15, -0.1) is 136 Å². The number of benzene rings is 10. The van der Waals surface area contributed by atoms with Crippen LogP contribution in [0.3, 0.4) is 0 Å². The van der Waals surface area contributed by atoms with Gasteiger partial charge in [0.05, 0.1) is 18.8 Å². The molecule has 0 saturated carbocycles. The summed E-state index contributed by atoms with van der Waals surface area (Å²) >= 11 is 22.9. The molecule has 16 heterocycles. The van der Waals surface area contributed by atoms with Crippen molar-refractivity contribution in [1.82, 2.24) is 9.13 Å². The van der Waals surface area contributed by atoms with Crippen LogP contribution in [0.4, 0.5) is 0 Å². The van der Waals surface area contributed by atoms with Crippen LogP contribution < -0.4 is 0 Å². The van der Waals surface area contributed by atoms with Crippen molar-refractivity contribution in [2.45, 2.75) is 196 Å². The molecule has 143 heavy (non-hydrogen) atoms. The molecule has 726 valence electrons. The predicted molar refractivity (Wildman–Crippen MR) is 651 cm³/mol. The normalized spacial score (nSPS) is 12.9. The van der Waals surface area contributed by atoms with E-state index in [1.165, 1.54) is 259 Å². The number of nitrogens with zero attached hydrogens (tertiary/aromatic N) is 2. The highest BCUT2D eigenvalue weighted by Gasteiger charge is 2.43. The van der Waals surface area contributed by atoms with E-state index in [-0.39, 0.29) is 16.2 Å². The minimum atomic E-state index is 0.0588. The van der Waals surface area contributed by atoms with Gasteiger partial charge < -0.3 is 18.0 Å². The third kappa shape index (κ3) is 19.1. The average molecular weight is 2100 g/mol. The van der Waals surface area contributed by atoms with Crippen LogP contribution >= 0.6 is 136 Å². The molecule has 3 aliphatic rings. The Morgan fingerprint density at radius 3 is 1.01 bits per heavy atom. The second-order valence-corrected chi connectivity index (χ2v) is 54.4. The van der Waals surface area contributed by atoms with Gasteiger partial charge >= 0.3 is 0 Å². The number of aryl methyl sites for hydroxylation is 18. The third-order valence-electron chi connectivity index (χ3n) is 27.9. The van der Waals surface area contributed by atoms with Gasteiger partial charge in [0.1, 0.15) is 22.7 Å². The van der Waals surface area contributed by atoms with E-state index in [2.05, 4.69) is 379 Å². The molecule has 3 aliphatic carbocycles. The van der Waals surface area contributed by atoms with Crippen molar-refractivity contribution in [3.63, 3.8) is 0 Å². The van der Waals surface area contributed by atoms with Gasteiger partial charge in [-0.05, 0) is 332 Å². The van der Waals surface area contributed by atoms with E-state index < -0.39 is 0 Å². The molecular weight excluding hydrogens is 1970 g/mol. The molecule has 0 N–H and O–H groups in total. The summed E-state index contributed by atoms with van der Waals surface area (Å²) in [6.45, 7) is 56.7. The van der Waals surface area contributed by atoms with Crippen molar-refractivity contribution in [2.75, 3.05) is 0 Å². The zero-order valence-corrected chi connectivity index (χ0v) is 97.0. The summed E-state index contributed by atoms with van der Waals surface area (Å²) in [5.74, 6) is 1.87. The molecule has 29 rings (SSSR count). The number of hydrogen-bond acceptors (Lipinski definition) is 14. The quantitative estimate of drug-likeness (QED) is 0.152. The number of aromatic nitrogens is 2. The van der Waals surface area contributed by atoms with Crippen LogP contribution in [-0.4, -0.2) is 9.13 Å². The zero-order chi connectivity index (χ0) is 101. The minimum Gasteiger partial charge on any atom is -0.461 e. The molecule has 0 bridgehead atoms. The molecule has 0 atom stereocenters. The first-order chi connectivity index (χ1) is 68.5. The highest BCUT2D eigenvalue weighted by atomic mass is 32.1. The molecule has 10 aromatic carbocycles. The van der Waals surface area contributed by atoms with Crippen LogP contribution in [0.1, 0.15) is 184 Å². The van der Waals surface area contributed by atoms with E-state index in [0.717, 1.165) is 33.5 Å². The van der Waals surface area contributed by atoms with Gasteiger partial charge in [0.25, 0.3) is 0 Å². The Hall–Kier alpha value is -10.6. The van der Waals surface area contributed by atoms with Gasteiger partial charge in [-0.1, -0.05) is 190 Å². The maximum atomic E-state index is 5.54. The van der Waals surface area contributed by atoms with Crippen molar-refractivity contribution in [1.29, 1.82) is 0 Å². The van der Waals surface area contributed by atoms with Crippen molar-refractivity contribution >= 4 is 282 Å². The highest BCUT2D eigenvalue weighted by Crippen LogP contribution is 2.59. The lowest BCUT2D eigenvalue weighted by atomic mass is 9.79. The van der Waals surface area contributed by atoms with Crippen molar-refractivity contribution in [2.24, 2.45) is 14.1 Å². The van der Waals surface area contributed by atoms with Gasteiger partial charge in [0.2, 0.25) is 0 Å². The fraction of sp³-hybridized carbons (Fsp3) is 0.244. The molecule has 26 aromatic rings. The van der Waals surface area contributed by atoms with Gasteiger partial charge in [-0.3, -0.25) is 0 Å². The molecule has 16 heteroatoms. The van der Waals surface area contributed by atoms with Crippen LogP contribution in [0.15, 0.2) is 251 Å². The molecule has 0 fully saturated rings. The van der Waals surface area contributed by atoms with Gasteiger partial charge in [-0.25, -0.2) is 0 Å². The number of thiophene rings is 12. The van der Waals surface area contributed by atoms with Crippen LogP contribution in [-0.2, 0) is 30.3 Å². The van der Waals surface area contributed by atoms with E-state index in [0.29, 0.717) is 0 Å². The first kappa shape index (κ1) is 101. The van der Waals surface area contributed by atoms with E-state index >= 15 is 0 Å². The number of hydrogen-bond donors (Lipinski definition) is 0. The Balaban J connectivity index is 0.000000103. The van der Waals surface area contributed by atoms with Crippen molar-refractivity contribution in [3.05, 3.63) is 357 Å². The zero-order valence-electron chi connectivity index (χ0n) is 87.2. The van der Waals surface area contributed by atoms with E-state index in [1.807, 2.05) is 202 Å². The summed E-state index contributed by atoms with van der Waals surface area (Å²) < 4.78 is 28.8. The lowest BCUT2D eigenvalue weighted by Gasteiger charge is -2.24. The lowest BCUT2D eigenvalue weighted by Crippen LogP contribution is -2.17. The topological polar surface area (TPSA) is 36.1 Å².